The lowest BCUT2D eigenvalue weighted by Crippen LogP contribution is -2.09. The average molecular weight is 278 g/mol. The minimum atomic E-state index is -1.08. The summed E-state index contributed by atoms with van der Waals surface area (Å²) in [4.78, 5) is 19.0. The Bertz CT molecular complexity index is 590. The maximum atomic E-state index is 11.0. The Kier molecular flexibility index (Phi) is 3.97. The summed E-state index contributed by atoms with van der Waals surface area (Å²) < 4.78 is 0. The van der Waals surface area contributed by atoms with Crippen molar-refractivity contribution in [3.8, 4) is 0 Å². The van der Waals surface area contributed by atoms with Gasteiger partial charge in [0.15, 0.2) is 0 Å². The van der Waals surface area contributed by atoms with E-state index in [0.29, 0.717) is 5.82 Å². The van der Waals surface area contributed by atoms with Crippen molar-refractivity contribution in [3.05, 3.63) is 52.9 Å². The molecular formula is C13H12ClN3O2. The lowest BCUT2D eigenvalue weighted by molar-refractivity contribution is 0.0697. The fourth-order valence-corrected chi connectivity index (χ4v) is 1.82. The predicted molar refractivity (Wildman–Crippen MR) is 72.5 cm³/mol. The van der Waals surface area contributed by atoms with Crippen molar-refractivity contribution in [1.82, 2.24) is 9.97 Å². The van der Waals surface area contributed by atoms with Gasteiger partial charge in [-0.2, -0.15) is 0 Å². The van der Waals surface area contributed by atoms with Crippen molar-refractivity contribution in [1.29, 1.82) is 0 Å². The Balaban J connectivity index is 2.20. The normalized spacial score (nSPS) is 11.9. The molecule has 0 saturated heterocycles. The number of rotatable bonds is 4. The summed E-state index contributed by atoms with van der Waals surface area (Å²) in [7, 11) is 0. The van der Waals surface area contributed by atoms with Crippen LogP contribution in [0.15, 0.2) is 36.8 Å². The maximum absolute atomic E-state index is 11.0. The standard InChI is InChI=1S/C13H12ClN3O2/c1-8(9-2-4-15-5-3-9)17-12-6-10(13(18)19)11(14)7-16-12/h2-8H,1H3,(H,16,17)(H,18,19). The van der Waals surface area contributed by atoms with Crippen molar-refractivity contribution >= 4 is 23.4 Å². The third-order valence-electron chi connectivity index (χ3n) is 2.66. The van der Waals surface area contributed by atoms with Crippen LogP contribution in [0.1, 0.15) is 28.9 Å². The quantitative estimate of drug-likeness (QED) is 0.898. The molecular weight excluding hydrogens is 266 g/mol. The van der Waals surface area contributed by atoms with Crippen molar-refractivity contribution in [2.75, 3.05) is 5.32 Å². The molecule has 6 heteroatoms. The van der Waals surface area contributed by atoms with Crippen molar-refractivity contribution in [3.63, 3.8) is 0 Å². The first-order valence-electron chi connectivity index (χ1n) is 5.63. The van der Waals surface area contributed by atoms with Gasteiger partial charge >= 0.3 is 5.97 Å². The fraction of sp³-hybridized carbons (Fsp3) is 0.154. The molecule has 0 fully saturated rings. The molecule has 19 heavy (non-hydrogen) atoms. The van der Waals surface area contributed by atoms with Gasteiger partial charge in [-0.05, 0) is 30.7 Å². The van der Waals surface area contributed by atoms with Crippen molar-refractivity contribution in [2.45, 2.75) is 13.0 Å². The molecule has 0 saturated carbocycles. The molecule has 0 bridgehead atoms. The lowest BCUT2D eigenvalue weighted by atomic mass is 10.1. The van der Waals surface area contributed by atoms with Crippen molar-refractivity contribution in [2.24, 2.45) is 0 Å². The van der Waals surface area contributed by atoms with Gasteiger partial charge in [0.25, 0.3) is 0 Å². The van der Waals surface area contributed by atoms with Crippen LogP contribution in [0.25, 0.3) is 0 Å². The summed E-state index contributed by atoms with van der Waals surface area (Å²) in [6.45, 7) is 1.95. The Morgan fingerprint density at radius 2 is 2.11 bits per heavy atom. The van der Waals surface area contributed by atoms with Gasteiger partial charge in [0.1, 0.15) is 5.82 Å². The summed E-state index contributed by atoms with van der Waals surface area (Å²) >= 11 is 5.77. The van der Waals surface area contributed by atoms with E-state index in [1.165, 1.54) is 12.3 Å². The van der Waals surface area contributed by atoms with Gasteiger partial charge < -0.3 is 10.4 Å². The first-order chi connectivity index (χ1) is 9.08. The maximum Gasteiger partial charge on any atom is 0.337 e. The summed E-state index contributed by atoms with van der Waals surface area (Å²) in [6, 6.07) is 5.16. The molecule has 0 aliphatic carbocycles. The summed E-state index contributed by atoms with van der Waals surface area (Å²) in [5, 5.41) is 12.2. The van der Waals surface area contributed by atoms with E-state index in [1.54, 1.807) is 12.4 Å². The summed E-state index contributed by atoms with van der Waals surface area (Å²) in [5.41, 5.74) is 1.06. The Labute approximate surface area is 115 Å². The highest BCUT2D eigenvalue weighted by molar-refractivity contribution is 6.33. The number of hydrogen-bond acceptors (Lipinski definition) is 4. The van der Waals surface area contributed by atoms with E-state index in [-0.39, 0.29) is 16.6 Å². The van der Waals surface area contributed by atoms with E-state index in [1.807, 2.05) is 19.1 Å². The van der Waals surface area contributed by atoms with E-state index < -0.39 is 5.97 Å². The highest BCUT2D eigenvalue weighted by atomic mass is 35.5. The number of anilines is 1. The second-order valence-electron chi connectivity index (χ2n) is 4.00. The zero-order valence-corrected chi connectivity index (χ0v) is 10.9. The molecule has 5 nitrogen and oxygen atoms in total. The third kappa shape index (κ3) is 3.20. The molecule has 0 aliphatic heterocycles. The smallest absolute Gasteiger partial charge is 0.337 e. The van der Waals surface area contributed by atoms with Crippen LogP contribution in [0.4, 0.5) is 5.82 Å². The number of carboxylic acid groups (broad SMARTS) is 1. The number of nitrogens with one attached hydrogen (secondary N) is 1. The zero-order valence-electron chi connectivity index (χ0n) is 10.2. The van der Waals surface area contributed by atoms with Gasteiger partial charge in [-0.3, -0.25) is 4.98 Å². The summed E-state index contributed by atoms with van der Waals surface area (Å²) in [5.74, 6) is -0.613. The van der Waals surface area contributed by atoms with E-state index in [0.717, 1.165) is 5.56 Å². The third-order valence-corrected chi connectivity index (χ3v) is 2.96. The van der Waals surface area contributed by atoms with Crippen LogP contribution < -0.4 is 5.32 Å². The molecule has 98 valence electrons. The number of pyridine rings is 2. The highest BCUT2D eigenvalue weighted by Gasteiger charge is 2.12. The molecule has 2 N–H and O–H groups in total. The number of aromatic carboxylic acids is 1. The zero-order chi connectivity index (χ0) is 13.8. The molecule has 2 rings (SSSR count). The molecule has 0 spiro atoms. The number of carbonyl (C=O) groups is 1. The van der Waals surface area contributed by atoms with Crippen LogP contribution in [0.3, 0.4) is 0 Å². The second-order valence-corrected chi connectivity index (χ2v) is 4.41. The SMILES string of the molecule is CC(Nc1cc(C(=O)O)c(Cl)cn1)c1ccncc1. The number of aromatic nitrogens is 2. The summed E-state index contributed by atoms with van der Waals surface area (Å²) in [6.07, 6.45) is 4.73. The molecule has 0 radical (unpaired) electrons. The fourth-order valence-electron chi connectivity index (χ4n) is 1.64. The van der Waals surface area contributed by atoms with E-state index in [4.69, 9.17) is 16.7 Å². The first-order valence-corrected chi connectivity index (χ1v) is 6.01. The lowest BCUT2D eigenvalue weighted by Gasteiger charge is -2.15. The first kappa shape index (κ1) is 13.3. The molecule has 1 atom stereocenters. The largest absolute Gasteiger partial charge is 0.478 e. The molecule has 2 aromatic heterocycles. The molecule has 0 amide bonds. The monoisotopic (exact) mass is 277 g/mol. The molecule has 0 aromatic carbocycles. The Hall–Kier alpha value is -2.14. The van der Waals surface area contributed by atoms with Crippen LogP contribution in [-0.2, 0) is 0 Å². The van der Waals surface area contributed by atoms with Crippen LogP contribution in [0, 0.1) is 0 Å². The topological polar surface area (TPSA) is 75.1 Å². The van der Waals surface area contributed by atoms with Gasteiger partial charge in [0.2, 0.25) is 0 Å². The van der Waals surface area contributed by atoms with E-state index in [2.05, 4.69) is 15.3 Å². The minimum Gasteiger partial charge on any atom is -0.478 e. The van der Waals surface area contributed by atoms with Crippen LogP contribution in [0.5, 0.6) is 0 Å². The Morgan fingerprint density at radius 3 is 2.74 bits per heavy atom. The number of halogens is 1. The number of nitrogens with zero attached hydrogens (tertiary/aromatic N) is 2. The number of hydrogen-bond donors (Lipinski definition) is 2. The molecule has 2 aromatic rings. The van der Waals surface area contributed by atoms with Gasteiger partial charge in [0.05, 0.1) is 16.6 Å². The van der Waals surface area contributed by atoms with Gasteiger partial charge in [-0.1, -0.05) is 11.6 Å². The van der Waals surface area contributed by atoms with Gasteiger partial charge in [-0.15, -0.1) is 0 Å². The van der Waals surface area contributed by atoms with Gasteiger partial charge in [-0.25, -0.2) is 9.78 Å². The highest BCUT2D eigenvalue weighted by Crippen LogP contribution is 2.21. The van der Waals surface area contributed by atoms with Crippen molar-refractivity contribution < 1.29 is 9.90 Å². The Morgan fingerprint density at radius 1 is 1.42 bits per heavy atom. The van der Waals surface area contributed by atoms with Gasteiger partial charge in [0, 0.05) is 18.6 Å². The minimum absolute atomic E-state index is 0.0154. The van der Waals surface area contributed by atoms with Crippen LogP contribution in [0.2, 0.25) is 5.02 Å². The predicted octanol–water partition coefficient (Wildman–Crippen LogP) is 3.00. The molecule has 2 heterocycles. The second kappa shape index (κ2) is 5.67. The van der Waals surface area contributed by atoms with Crippen LogP contribution >= 0.6 is 11.6 Å². The van der Waals surface area contributed by atoms with E-state index >= 15 is 0 Å². The molecule has 0 aliphatic rings. The number of carboxylic acids is 1. The average Bonchev–Trinajstić information content (AvgIpc) is 2.41. The van der Waals surface area contributed by atoms with Crippen LogP contribution in [-0.4, -0.2) is 21.0 Å². The van der Waals surface area contributed by atoms with E-state index in [9.17, 15) is 4.79 Å². The molecule has 1 unspecified atom stereocenters.